The van der Waals surface area contributed by atoms with Gasteiger partial charge in [0.15, 0.2) is 5.13 Å². The lowest BCUT2D eigenvalue weighted by atomic mass is 9.95. The monoisotopic (exact) mass is 440 g/mol. The van der Waals surface area contributed by atoms with Gasteiger partial charge in [0.2, 0.25) is 0 Å². The van der Waals surface area contributed by atoms with Gasteiger partial charge in [-0.05, 0) is 17.7 Å². The minimum Gasteiger partial charge on any atom is -0.507 e. The van der Waals surface area contributed by atoms with E-state index in [1.807, 2.05) is 30.3 Å². The summed E-state index contributed by atoms with van der Waals surface area (Å²) in [6.07, 6.45) is 1.58. The lowest BCUT2D eigenvalue weighted by Crippen LogP contribution is -2.29. The van der Waals surface area contributed by atoms with E-state index in [2.05, 4.69) is 20.9 Å². The molecule has 1 atom stereocenters. The second kappa shape index (κ2) is 7.09. The second-order valence-electron chi connectivity index (χ2n) is 5.90. The molecule has 1 aliphatic rings. The Morgan fingerprint density at radius 3 is 2.41 bits per heavy atom. The Balaban J connectivity index is 1.93. The summed E-state index contributed by atoms with van der Waals surface area (Å²) >= 11 is 4.62. The molecular formula is C20H13BrN2O3S. The molecule has 5 nitrogen and oxygen atoms in total. The predicted molar refractivity (Wildman–Crippen MR) is 107 cm³/mol. The Bertz CT molecular complexity index is 1030. The Labute approximate surface area is 167 Å². The van der Waals surface area contributed by atoms with Crippen molar-refractivity contribution in [2.75, 3.05) is 4.90 Å². The van der Waals surface area contributed by atoms with E-state index >= 15 is 0 Å². The first kappa shape index (κ1) is 17.6. The van der Waals surface area contributed by atoms with Gasteiger partial charge in [0.25, 0.3) is 5.78 Å². The summed E-state index contributed by atoms with van der Waals surface area (Å²) in [6.45, 7) is 0. The van der Waals surface area contributed by atoms with E-state index < -0.39 is 17.7 Å². The Kier molecular flexibility index (Phi) is 4.63. The number of thiazole rings is 1. The number of aliphatic hydroxyl groups is 1. The SMILES string of the molecule is O=C1C(=O)N(c2nccs2)[C@@H](c2ccccc2)C1=C(O)c1ccc(Br)cc1. The highest BCUT2D eigenvalue weighted by atomic mass is 79.9. The molecule has 2 aromatic carbocycles. The molecule has 2 heterocycles. The van der Waals surface area contributed by atoms with E-state index in [1.165, 1.54) is 16.2 Å². The van der Waals surface area contributed by atoms with E-state index in [9.17, 15) is 14.7 Å². The third-order valence-electron chi connectivity index (χ3n) is 4.30. The van der Waals surface area contributed by atoms with Crippen LogP contribution in [0.15, 0.2) is 76.2 Å². The maximum absolute atomic E-state index is 12.8. The molecule has 0 spiro atoms. The molecule has 0 bridgehead atoms. The molecule has 0 aliphatic carbocycles. The minimum absolute atomic E-state index is 0.0590. The molecule has 1 N–H and O–H groups in total. The fraction of sp³-hybridized carbons (Fsp3) is 0.0500. The topological polar surface area (TPSA) is 70.5 Å². The summed E-state index contributed by atoms with van der Waals surface area (Å²) in [5.74, 6) is -1.62. The number of benzene rings is 2. The van der Waals surface area contributed by atoms with Gasteiger partial charge in [-0.1, -0.05) is 58.4 Å². The van der Waals surface area contributed by atoms with E-state index in [4.69, 9.17) is 0 Å². The lowest BCUT2D eigenvalue weighted by molar-refractivity contribution is -0.132. The van der Waals surface area contributed by atoms with Crippen molar-refractivity contribution in [1.29, 1.82) is 0 Å². The molecule has 7 heteroatoms. The third kappa shape index (κ3) is 3.09. The van der Waals surface area contributed by atoms with Crippen molar-refractivity contribution in [3.8, 4) is 0 Å². The number of anilines is 1. The van der Waals surface area contributed by atoms with Crippen LogP contribution in [-0.4, -0.2) is 21.8 Å². The van der Waals surface area contributed by atoms with E-state index in [0.717, 1.165) is 10.0 Å². The van der Waals surface area contributed by atoms with Crippen LogP contribution in [-0.2, 0) is 9.59 Å². The molecule has 4 rings (SSSR count). The summed E-state index contributed by atoms with van der Waals surface area (Å²) in [6, 6.07) is 15.4. The van der Waals surface area contributed by atoms with Crippen LogP contribution in [0.25, 0.3) is 5.76 Å². The smallest absolute Gasteiger partial charge is 0.301 e. The number of carbonyl (C=O) groups is 2. The van der Waals surface area contributed by atoms with Gasteiger partial charge < -0.3 is 5.11 Å². The van der Waals surface area contributed by atoms with Gasteiger partial charge in [0.1, 0.15) is 5.76 Å². The Morgan fingerprint density at radius 1 is 1.07 bits per heavy atom. The number of hydrogen-bond acceptors (Lipinski definition) is 5. The van der Waals surface area contributed by atoms with Crippen LogP contribution in [0.5, 0.6) is 0 Å². The fourth-order valence-corrected chi connectivity index (χ4v) is 4.01. The van der Waals surface area contributed by atoms with Crippen molar-refractivity contribution in [3.05, 3.63) is 87.3 Å². The van der Waals surface area contributed by atoms with Gasteiger partial charge in [0.05, 0.1) is 11.6 Å². The van der Waals surface area contributed by atoms with Crippen molar-refractivity contribution in [1.82, 2.24) is 4.98 Å². The summed E-state index contributed by atoms with van der Waals surface area (Å²) < 4.78 is 0.849. The molecule has 27 heavy (non-hydrogen) atoms. The van der Waals surface area contributed by atoms with E-state index in [-0.39, 0.29) is 11.3 Å². The summed E-state index contributed by atoms with van der Waals surface area (Å²) in [4.78, 5) is 31.2. The summed E-state index contributed by atoms with van der Waals surface area (Å²) in [7, 11) is 0. The molecule has 1 saturated heterocycles. The zero-order valence-electron chi connectivity index (χ0n) is 13.9. The molecule has 1 aliphatic heterocycles. The average Bonchev–Trinajstić information content (AvgIpc) is 3.30. The lowest BCUT2D eigenvalue weighted by Gasteiger charge is -2.22. The first-order valence-electron chi connectivity index (χ1n) is 8.09. The van der Waals surface area contributed by atoms with Crippen molar-refractivity contribution >= 4 is 49.8 Å². The number of aliphatic hydroxyl groups excluding tert-OH is 1. The van der Waals surface area contributed by atoms with Gasteiger partial charge in [-0.3, -0.25) is 14.5 Å². The molecule has 3 aromatic rings. The number of aromatic nitrogens is 1. The molecule has 134 valence electrons. The first-order valence-corrected chi connectivity index (χ1v) is 9.76. The maximum Gasteiger partial charge on any atom is 0.301 e. The normalized spacial score (nSPS) is 18.9. The number of amides is 1. The summed E-state index contributed by atoms with van der Waals surface area (Å²) in [5, 5.41) is 13.1. The molecule has 0 unspecified atom stereocenters. The highest BCUT2D eigenvalue weighted by Crippen LogP contribution is 2.42. The number of carbonyl (C=O) groups excluding carboxylic acids is 2. The Hall–Kier alpha value is -2.77. The van der Waals surface area contributed by atoms with Gasteiger partial charge in [0, 0.05) is 21.6 Å². The highest BCUT2D eigenvalue weighted by molar-refractivity contribution is 9.10. The molecule has 1 amide bonds. The van der Waals surface area contributed by atoms with Crippen LogP contribution in [0.2, 0.25) is 0 Å². The molecule has 1 fully saturated rings. The minimum atomic E-state index is -0.735. The maximum atomic E-state index is 12.8. The van der Waals surface area contributed by atoms with Gasteiger partial charge in [-0.25, -0.2) is 4.98 Å². The molecule has 0 radical (unpaired) electrons. The predicted octanol–water partition coefficient (Wildman–Crippen LogP) is 4.53. The van der Waals surface area contributed by atoms with Crippen LogP contribution in [0, 0.1) is 0 Å². The van der Waals surface area contributed by atoms with Crippen LogP contribution in [0.4, 0.5) is 5.13 Å². The highest BCUT2D eigenvalue weighted by Gasteiger charge is 2.47. The standard InChI is InChI=1S/C20H13BrN2O3S/c21-14-8-6-13(7-9-14)17(24)15-16(12-4-2-1-3-5-12)23(19(26)18(15)25)20-22-10-11-27-20/h1-11,16,24H/t16-/m0/s1. The van der Waals surface area contributed by atoms with Crippen molar-refractivity contribution in [2.24, 2.45) is 0 Å². The average molecular weight is 441 g/mol. The van der Waals surface area contributed by atoms with Gasteiger partial charge >= 0.3 is 5.91 Å². The summed E-state index contributed by atoms with van der Waals surface area (Å²) in [5.41, 5.74) is 1.26. The van der Waals surface area contributed by atoms with Gasteiger partial charge in [-0.2, -0.15) is 0 Å². The molecule has 0 saturated carbocycles. The number of nitrogens with zero attached hydrogens (tertiary/aromatic N) is 2. The number of ketones is 1. The van der Waals surface area contributed by atoms with Gasteiger partial charge in [-0.15, -0.1) is 11.3 Å². The quantitative estimate of drug-likeness (QED) is 0.368. The van der Waals surface area contributed by atoms with Crippen molar-refractivity contribution in [2.45, 2.75) is 6.04 Å². The number of rotatable bonds is 3. The third-order valence-corrected chi connectivity index (χ3v) is 5.60. The fourth-order valence-electron chi connectivity index (χ4n) is 3.08. The van der Waals surface area contributed by atoms with Crippen LogP contribution < -0.4 is 4.90 Å². The van der Waals surface area contributed by atoms with E-state index in [1.54, 1.807) is 35.8 Å². The molecular weight excluding hydrogens is 428 g/mol. The number of Topliss-reactive ketones (excluding diaryl/α,β-unsaturated/α-hetero) is 1. The zero-order chi connectivity index (χ0) is 19.0. The Morgan fingerprint density at radius 2 is 1.78 bits per heavy atom. The second-order valence-corrected chi connectivity index (χ2v) is 7.69. The van der Waals surface area contributed by atoms with Crippen molar-refractivity contribution in [3.63, 3.8) is 0 Å². The number of hydrogen-bond donors (Lipinski definition) is 1. The number of halogens is 1. The molecule has 1 aromatic heterocycles. The first-order chi connectivity index (χ1) is 13.1. The van der Waals surface area contributed by atoms with E-state index in [0.29, 0.717) is 10.7 Å². The van der Waals surface area contributed by atoms with Crippen molar-refractivity contribution < 1.29 is 14.7 Å². The van der Waals surface area contributed by atoms with Crippen LogP contribution in [0.3, 0.4) is 0 Å². The zero-order valence-corrected chi connectivity index (χ0v) is 16.3. The van der Waals surface area contributed by atoms with Crippen LogP contribution in [0.1, 0.15) is 17.2 Å². The van der Waals surface area contributed by atoms with Crippen LogP contribution >= 0.6 is 27.3 Å². The largest absolute Gasteiger partial charge is 0.507 e.